The van der Waals surface area contributed by atoms with E-state index in [0.717, 1.165) is 10.0 Å². The van der Waals surface area contributed by atoms with Gasteiger partial charge in [-0.3, -0.25) is 10.1 Å². The van der Waals surface area contributed by atoms with Crippen molar-refractivity contribution in [3.63, 3.8) is 0 Å². The SMILES string of the molecule is Cc1c(C2=NC(=Cc3ccc(Br)cc3)C(=O)O2)cccc1[N+](=O)[O-]. The van der Waals surface area contributed by atoms with Crippen LogP contribution < -0.4 is 0 Å². The van der Waals surface area contributed by atoms with E-state index >= 15 is 0 Å². The molecule has 1 aliphatic rings. The molecule has 3 rings (SSSR count). The van der Waals surface area contributed by atoms with Crippen molar-refractivity contribution in [1.29, 1.82) is 0 Å². The number of aliphatic imine (C=N–C) groups is 1. The van der Waals surface area contributed by atoms with Gasteiger partial charge in [0.25, 0.3) is 5.69 Å². The minimum atomic E-state index is -0.584. The average molecular weight is 387 g/mol. The van der Waals surface area contributed by atoms with E-state index in [0.29, 0.717) is 11.1 Å². The Balaban J connectivity index is 1.99. The number of nitro benzene ring substituents is 1. The summed E-state index contributed by atoms with van der Waals surface area (Å²) in [5, 5.41) is 11.0. The summed E-state index contributed by atoms with van der Waals surface area (Å²) in [6.07, 6.45) is 1.61. The lowest BCUT2D eigenvalue weighted by molar-refractivity contribution is -0.385. The van der Waals surface area contributed by atoms with Gasteiger partial charge in [-0.25, -0.2) is 9.79 Å². The molecular weight excluding hydrogens is 376 g/mol. The molecule has 0 spiro atoms. The lowest BCUT2D eigenvalue weighted by Crippen LogP contribution is -2.08. The first-order valence-electron chi connectivity index (χ1n) is 6.98. The number of carbonyl (C=O) groups is 1. The number of ether oxygens (including phenoxy) is 1. The van der Waals surface area contributed by atoms with Gasteiger partial charge in [0, 0.05) is 21.7 Å². The molecule has 24 heavy (non-hydrogen) atoms. The van der Waals surface area contributed by atoms with Crippen LogP contribution in [0.5, 0.6) is 0 Å². The Morgan fingerprint density at radius 1 is 1.21 bits per heavy atom. The molecule has 0 unspecified atom stereocenters. The molecule has 6 nitrogen and oxygen atoms in total. The molecule has 1 heterocycles. The first-order valence-corrected chi connectivity index (χ1v) is 7.77. The number of hydrogen-bond donors (Lipinski definition) is 0. The Bertz CT molecular complexity index is 901. The van der Waals surface area contributed by atoms with Crippen LogP contribution in [-0.4, -0.2) is 16.8 Å². The molecule has 0 aliphatic carbocycles. The zero-order chi connectivity index (χ0) is 17.3. The van der Waals surface area contributed by atoms with Gasteiger partial charge in [-0.2, -0.15) is 0 Å². The molecule has 0 bridgehead atoms. The topological polar surface area (TPSA) is 81.8 Å². The van der Waals surface area contributed by atoms with Crippen LogP contribution in [0.4, 0.5) is 5.69 Å². The number of benzene rings is 2. The van der Waals surface area contributed by atoms with E-state index in [9.17, 15) is 14.9 Å². The van der Waals surface area contributed by atoms with Gasteiger partial charge in [-0.1, -0.05) is 34.1 Å². The predicted molar refractivity (Wildman–Crippen MR) is 92.6 cm³/mol. The van der Waals surface area contributed by atoms with E-state index in [4.69, 9.17) is 4.74 Å². The smallest absolute Gasteiger partial charge is 0.363 e. The lowest BCUT2D eigenvalue weighted by atomic mass is 10.1. The average Bonchev–Trinajstić information content (AvgIpc) is 2.90. The van der Waals surface area contributed by atoms with E-state index in [2.05, 4.69) is 20.9 Å². The second kappa shape index (κ2) is 6.37. The number of rotatable bonds is 3. The van der Waals surface area contributed by atoms with Gasteiger partial charge in [0.1, 0.15) is 0 Å². The number of cyclic esters (lactones) is 1. The van der Waals surface area contributed by atoms with Crippen molar-refractivity contribution in [3.8, 4) is 0 Å². The van der Waals surface area contributed by atoms with Crippen LogP contribution in [0.1, 0.15) is 16.7 Å². The molecule has 2 aromatic carbocycles. The molecule has 0 aromatic heterocycles. The minimum Gasteiger partial charge on any atom is -0.402 e. The van der Waals surface area contributed by atoms with Crippen molar-refractivity contribution < 1.29 is 14.5 Å². The molecular formula is C17H11BrN2O4. The molecule has 0 radical (unpaired) electrons. The minimum absolute atomic E-state index is 0.0448. The molecule has 0 saturated carbocycles. The van der Waals surface area contributed by atoms with E-state index in [-0.39, 0.29) is 17.3 Å². The molecule has 0 saturated heterocycles. The van der Waals surface area contributed by atoms with E-state index in [1.807, 2.05) is 24.3 Å². The number of nitro groups is 1. The molecule has 0 atom stereocenters. The molecule has 0 amide bonds. The fourth-order valence-corrected chi connectivity index (χ4v) is 2.56. The van der Waals surface area contributed by atoms with Crippen LogP contribution in [0.2, 0.25) is 0 Å². The van der Waals surface area contributed by atoms with Crippen molar-refractivity contribution in [1.82, 2.24) is 0 Å². The third kappa shape index (κ3) is 3.11. The van der Waals surface area contributed by atoms with Crippen LogP contribution in [0, 0.1) is 17.0 Å². The van der Waals surface area contributed by atoms with Gasteiger partial charge < -0.3 is 4.74 Å². The number of nitrogens with zero attached hydrogens (tertiary/aromatic N) is 2. The Morgan fingerprint density at radius 2 is 1.92 bits per heavy atom. The van der Waals surface area contributed by atoms with Crippen LogP contribution >= 0.6 is 15.9 Å². The second-order valence-electron chi connectivity index (χ2n) is 5.09. The van der Waals surface area contributed by atoms with Crippen molar-refractivity contribution in [3.05, 3.63) is 79.4 Å². The van der Waals surface area contributed by atoms with Gasteiger partial charge in [0.2, 0.25) is 5.90 Å². The van der Waals surface area contributed by atoms with Gasteiger partial charge in [-0.15, -0.1) is 0 Å². The summed E-state index contributed by atoms with van der Waals surface area (Å²) in [5.74, 6) is -0.511. The maximum atomic E-state index is 12.0. The normalized spacial score (nSPS) is 15.3. The number of hydrogen-bond acceptors (Lipinski definition) is 5. The standard InChI is InChI=1S/C17H11BrN2O4/c1-10-13(3-2-4-15(10)20(22)23)16-19-14(17(21)24-16)9-11-5-7-12(18)8-6-11/h2-9H,1H3. The maximum absolute atomic E-state index is 12.0. The zero-order valence-electron chi connectivity index (χ0n) is 12.5. The largest absolute Gasteiger partial charge is 0.402 e. The summed E-state index contributed by atoms with van der Waals surface area (Å²) in [6, 6.07) is 11.9. The highest BCUT2D eigenvalue weighted by molar-refractivity contribution is 9.10. The molecule has 1 aliphatic heterocycles. The van der Waals surface area contributed by atoms with Gasteiger partial charge in [0.15, 0.2) is 5.70 Å². The van der Waals surface area contributed by atoms with Crippen LogP contribution in [0.3, 0.4) is 0 Å². The highest BCUT2D eigenvalue weighted by atomic mass is 79.9. The third-order valence-corrected chi connectivity index (χ3v) is 4.05. The number of halogens is 1. The van der Waals surface area contributed by atoms with Gasteiger partial charge in [-0.05, 0) is 36.8 Å². The summed E-state index contributed by atoms with van der Waals surface area (Å²) >= 11 is 3.34. The molecule has 2 aromatic rings. The summed E-state index contributed by atoms with van der Waals surface area (Å²) in [4.78, 5) is 26.8. The van der Waals surface area contributed by atoms with Crippen LogP contribution in [0.15, 0.2) is 57.6 Å². The van der Waals surface area contributed by atoms with E-state index < -0.39 is 10.9 Å². The highest BCUT2D eigenvalue weighted by Gasteiger charge is 2.27. The third-order valence-electron chi connectivity index (χ3n) is 3.53. The first-order chi connectivity index (χ1) is 11.5. The monoisotopic (exact) mass is 386 g/mol. The number of esters is 1. The fourth-order valence-electron chi connectivity index (χ4n) is 2.29. The summed E-state index contributed by atoms with van der Waals surface area (Å²) in [7, 11) is 0. The molecule has 7 heteroatoms. The van der Waals surface area contributed by atoms with Gasteiger partial charge in [0.05, 0.1) is 4.92 Å². The van der Waals surface area contributed by atoms with Crippen molar-refractivity contribution in [2.45, 2.75) is 6.92 Å². The van der Waals surface area contributed by atoms with Crippen molar-refractivity contribution in [2.75, 3.05) is 0 Å². The Kier molecular flexibility index (Phi) is 4.26. The quantitative estimate of drug-likeness (QED) is 0.345. The van der Waals surface area contributed by atoms with Crippen LogP contribution in [-0.2, 0) is 9.53 Å². The van der Waals surface area contributed by atoms with Crippen LogP contribution in [0.25, 0.3) is 6.08 Å². The maximum Gasteiger partial charge on any atom is 0.363 e. The lowest BCUT2D eigenvalue weighted by Gasteiger charge is -2.04. The van der Waals surface area contributed by atoms with Gasteiger partial charge >= 0.3 is 5.97 Å². The highest BCUT2D eigenvalue weighted by Crippen LogP contribution is 2.26. The Labute approximate surface area is 145 Å². The molecule has 120 valence electrons. The zero-order valence-corrected chi connectivity index (χ0v) is 14.1. The Hall–Kier alpha value is -2.80. The van der Waals surface area contributed by atoms with E-state index in [1.54, 1.807) is 19.1 Å². The first kappa shape index (κ1) is 16.1. The van der Waals surface area contributed by atoms with Crippen molar-refractivity contribution >= 4 is 39.6 Å². The van der Waals surface area contributed by atoms with E-state index in [1.165, 1.54) is 12.1 Å². The predicted octanol–water partition coefficient (Wildman–Crippen LogP) is 4.01. The summed E-state index contributed by atoms with van der Waals surface area (Å²) in [5.41, 5.74) is 1.73. The summed E-state index contributed by atoms with van der Waals surface area (Å²) < 4.78 is 6.11. The number of carbonyl (C=O) groups excluding carboxylic acids is 1. The second-order valence-corrected chi connectivity index (χ2v) is 6.01. The van der Waals surface area contributed by atoms with Crippen molar-refractivity contribution in [2.24, 2.45) is 4.99 Å². The molecule has 0 fully saturated rings. The fraction of sp³-hybridized carbons (Fsp3) is 0.0588. The summed E-state index contributed by atoms with van der Waals surface area (Å²) in [6.45, 7) is 1.60. The Morgan fingerprint density at radius 3 is 2.58 bits per heavy atom. The molecule has 0 N–H and O–H groups in total.